The van der Waals surface area contributed by atoms with E-state index in [1.165, 1.54) is 12.1 Å². The first kappa shape index (κ1) is 18.1. The molecule has 0 radical (unpaired) electrons. The lowest BCUT2D eigenvalue weighted by Crippen LogP contribution is -2.53. The second-order valence-corrected chi connectivity index (χ2v) is 5.30. The van der Waals surface area contributed by atoms with Gasteiger partial charge < -0.3 is 10.1 Å². The molecule has 1 N–H and O–H groups in total. The van der Waals surface area contributed by atoms with Crippen LogP contribution in [0.25, 0.3) is 0 Å². The molecule has 1 rings (SSSR count). The highest BCUT2D eigenvalue weighted by Gasteiger charge is 2.36. The molecule has 0 aliphatic heterocycles. The van der Waals surface area contributed by atoms with Gasteiger partial charge in [-0.15, -0.1) is 0 Å². The van der Waals surface area contributed by atoms with Crippen molar-refractivity contribution in [1.29, 1.82) is 0 Å². The molecule has 4 heteroatoms. The summed E-state index contributed by atoms with van der Waals surface area (Å²) in [6, 6.07) is 3.73. The van der Waals surface area contributed by atoms with E-state index in [-0.39, 0.29) is 11.6 Å². The Kier molecular flexibility index (Phi) is 7.26. The highest BCUT2D eigenvalue weighted by Crippen LogP contribution is 2.28. The monoisotopic (exact) mass is 299 g/mol. The van der Waals surface area contributed by atoms with Crippen molar-refractivity contribution in [2.24, 2.45) is 0 Å². The van der Waals surface area contributed by atoms with Gasteiger partial charge >= 0.3 is 0 Å². The lowest BCUT2D eigenvalue weighted by Gasteiger charge is -2.40. The van der Waals surface area contributed by atoms with Crippen molar-refractivity contribution in [3.05, 3.63) is 35.4 Å². The molecule has 0 aliphatic carbocycles. The smallest absolute Gasteiger partial charge is 0.126 e. The number of likely N-dealkylation sites (N-methyl/N-ethyl adjacent to an activating group) is 1. The lowest BCUT2D eigenvalue weighted by molar-refractivity contribution is -0.0716. The van der Waals surface area contributed by atoms with E-state index in [2.05, 4.69) is 19.2 Å². The zero-order chi connectivity index (χ0) is 15.9. The van der Waals surface area contributed by atoms with E-state index >= 15 is 0 Å². The van der Waals surface area contributed by atoms with Crippen LogP contribution < -0.4 is 5.32 Å². The van der Waals surface area contributed by atoms with Crippen LogP contribution in [0.1, 0.15) is 46.1 Å². The average molecular weight is 299 g/mol. The summed E-state index contributed by atoms with van der Waals surface area (Å²) in [6.45, 7) is 9.61. The maximum atomic E-state index is 13.4. The summed E-state index contributed by atoms with van der Waals surface area (Å²) in [7, 11) is 0. The van der Waals surface area contributed by atoms with E-state index in [9.17, 15) is 8.78 Å². The van der Waals surface area contributed by atoms with E-state index in [0.29, 0.717) is 18.6 Å². The highest BCUT2D eigenvalue weighted by atomic mass is 19.1. The van der Waals surface area contributed by atoms with Gasteiger partial charge in [-0.2, -0.15) is 0 Å². The minimum atomic E-state index is -0.532. The third-order valence-corrected chi connectivity index (χ3v) is 4.08. The molecule has 0 spiro atoms. The fraction of sp³-hybridized carbons (Fsp3) is 0.647. The minimum Gasteiger partial charge on any atom is -0.374 e. The van der Waals surface area contributed by atoms with E-state index in [0.717, 1.165) is 25.5 Å². The molecule has 21 heavy (non-hydrogen) atoms. The summed E-state index contributed by atoms with van der Waals surface area (Å²) in [4.78, 5) is 0. The van der Waals surface area contributed by atoms with E-state index in [4.69, 9.17) is 4.74 Å². The summed E-state index contributed by atoms with van der Waals surface area (Å²) in [5.74, 6) is -1.06. The van der Waals surface area contributed by atoms with Crippen molar-refractivity contribution in [2.75, 3.05) is 13.2 Å². The molecule has 120 valence electrons. The first-order chi connectivity index (χ1) is 10.0. The van der Waals surface area contributed by atoms with Crippen LogP contribution in [-0.2, 0) is 11.2 Å². The van der Waals surface area contributed by atoms with Crippen molar-refractivity contribution in [3.8, 4) is 0 Å². The minimum absolute atomic E-state index is 0.0265. The Morgan fingerprint density at radius 1 is 1.05 bits per heavy atom. The number of ether oxygens (including phenoxy) is 1. The van der Waals surface area contributed by atoms with Crippen LogP contribution in [0.4, 0.5) is 8.78 Å². The van der Waals surface area contributed by atoms with Crippen LogP contribution in [0.15, 0.2) is 18.2 Å². The van der Waals surface area contributed by atoms with Gasteiger partial charge in [0.25, 0.3) is 0 Å². The number of benzene rings is 1. The zero-order valence-electron chi connectivity index (χ0n) is 13.5. The maximum absolute atomic E-state index is 13.4. The molecule has 1 atom stereocenters. The molecule has 0 saturated carbocycles. The predicted octanol–water partition coefficient (Wildman–Crippen LogP) is 4.08. The third kappa shape index (κ3) is 4.75. The Morgan fingerprint density at radius 2 is 1.62 bits per heavy atom. The lowest BCUT2D eigenvalue weighted by atomic mass is 9.84. The molecule has 0 heterocycles. The van der Waals surface area contributed by atoms with Crippen LogP contribution >= 0.6 is 0 Å². The first-order valence-electron chi connectivity index (χ1n) is 7.83. The topological polar surface area (TPSA) is 21.3 Å². The Hall–Kier alpha value is -1.00. The van der Waals surface area contributed by atoms with Crippen molar-refractivity contribution < 1.29 is 13.5 Å². The van der Waals surface area contributed by atoms with Crippen LogP contribution in [0, 0.1) is 11.6 Å². The summed E-state index contributed by atoms with van der Waals surface area (Å²) < 4.78 is 32.8. The number of rotatable bonds is 9. The fourth-order valence-corrected chi connectivity index (χ4v) is 2.99. The molecule has 2 nitrogen and oxygen atoms in total. The van der Waals surface area contributed by atoms with Crippen LogP contribution in [0.3, 0.4) is 0 Å². The summed E-state index contributed by atoms with van der Waals surface area (Å²) >= 11 is 0. The fourth-order valence-electron chi connectivity index (χ4n) is 2.99. The van der Waals surface area contributed by atoms with Gasteiger partial charge in [-0.25, -0.2) is 8.78 Å². The Labute approximate surface area is 126 Å². The number of nitrogens with one attached hydrogen (secondary N) is 1. The second-order valence-electron chi connectivity index (χ2n) is 5.30. The molecule has 0 amide bonds. The molecule has 1 aromatic carbocycles. The highest BCUT2D eigenvalue weighted by molar-refractivity contribution is 5.20. The van der Waals surface area contributed by atoms with E-state index < -0.39 is 11.6 Å². The molecular formula is C17H27F2NO. The van der Waals surface area contributed by atoms with Gasteiger partial charge in [0.05, 0.1) is 5.60 Å². The maximum Gasteiger partial charge on any atom is 0.126 e. The van der Waals surface area contributed by atoms with Gasteiger partial charge in [0.1, 0.15) is 11.6 Å². The van der Waals surface area contributed by atoms with Gasteiger partial charge in [0.15, 0.2) is 0 Å². The molecule has 1 aromatic rings. The zero-order valence-corrected chi connectivity index (χ0v) is 13.5. The Balaban J connectivity index is 3.03. The van der Waals surface area contributed by atoms with Crippen LogP contribution in [0.5, 0.6) is 0 Å². The predicted molar refractivity (Wildman–Crippen MR) is 82.5 cm³/mol. The summed E-state index contributed by atoms with van der Waals surface area (Å²) in [5.41, 5.74) is 0.345. The SMILES string of the molecule is CCNC(Cc1cc(F)cc(F)c1)C(CC)(CC)OCC. The number of hydrogen-bond acceptors (Lipinski definition) is 2. The number of hydrogen-bond donors (Lipinski definition) is 1. The van der Waals surface area contributed by atoms with Crippen molar-refractivity contribution in [3.63, 3.8) is 0 Å². The standard InChI is InChI=1S/C17H27F2NO/c1-5-17(6-2,21-8-4)16(20-7-3)11-13-9-14(18)12-15(19)10-13/h9-10,12,16,20H,5-8,11H2,1-4H3. The first-order valence-corrected chi connectivity index (χ1v) is 7.83. The normalized spacial score (nSPS) is 13.4. The van der Waals surface area contributed by atoms with Gasteiger partial charge in [0.2, 0.25) is 0 Å². The molecule has 0 aliphatic rings. The Morgan fingerprint density at radius 3 is 2.05 bits per heavy atom. The quantitative estimate of drug-likeness (QED) is 0.742. The van der Waals surface area contributed by atoms with Crippen molar-refractivity contribution in [1.82, 2.24) is 5.32 Å². The molecule has 0 saturated heterocycles. The molecule has 0 aromatic heterocycles. The Bertz CT molecular complexity index is 413. The summed E-state index contributed by atoms with van der Waals surface area (Å²) in [6.07, 6.45) is 2.25. The van der Waals surface area contributed by atoms with Crippen molar-refractivity contribution >= 4 is 0 Å². The van der Waals surface area contributed by atoms with Gasteiger partial charge in [-0.1, -0.05) is 20.8 Å². The van der Waals surface area contributed by atoms with Crippen LogP contribution in [0.2, 0.25) is 0 Å². The molecule has 1 unspecified atom stereocenters. The molecular weight excluding hydrogens is 272 g/mol. The number of halogens is 2. The van der Waals surface area contributed by atoms with E-state index in [1.54, 1.807) is 0 Å². The van der Waals surface area contributed by atoms with Gasteiger partial charge in [-0.3, -0.25) is 0 Å². The summed E-state index contributed by atoms with van der Waals surface area (Å²) in [5, 5.41) is 3.43. The van der Waals surface area contributed by atoms with Crippen LogP contribution in [-0.4, -0.2) is 24.8 Å². The third-order valence-electron chi connectivity index (χ3n) is 4.08. The van der Waals surface area contributed by atoms with Gasteiger partial charge in [-0.05, 0) is 50.4 Å². The molecule has 0 bridgehead atoms. The second kappa shape index (κ2) is 8.44. The largest absolute Gasteiger partial charge is 0.374 e. The van der Waals surface area contributed by atoms with Gasteiger partial charge in [0, 0.05) is 18.7 Å². The molecule has 0 fully saturated rings. The van der Waals surface area contributed by atoms with E-state index in [1.807, 2.05) is 13.8 Å². The average Bonchev–Trinajstić information content (AvgIpc) is 2.43. The van der Waals surface area contributed by atoms with Crippen molar-refractivity contribution in [2.45, 2.75) is 58.6 Å².